The third-order valence-corrected chi connectivity index (χ3v) is 3.47. The molecule has 4 heteroatoms. The van der Waals surface area contributed by atoms with Crippen molar-refractivity contribution in [1.82, 2.24) is 9.78 Å². The molecule has 0 aliphatic rings. The molecule has 1 heterocycles. The van der Waals surface area contributed by atoms with Gasteiger partial charge in [0.2, 0.25) is 0 Å². The van der Waals surface area contributed by atoms with Crippen LogP contribution in [-0.4, -0.2) is 15.6 Å². The molecule has 3 nitrogen and oxygen atoms in total. The molecular weight excluding hydrogens is 279 g/mol. The summed E-state index contributed by atoms with van der Waals surface area (Å²) in [6.07, 6.45) is 2.53. The molecule has 1 aromatic heterocycles. The van der Waals surface area contributed by atoms with Crippen LogP contribution in [0.2, 0.25) is 0 Å². The van der Waals surface area contributed by atoms with Crippen molar-refractivity contribution >= 4 is 28.4 Å². The van der Waals surface area contributed by atoms with Crippen molar-refractivity contribution in [1.29, 1.82) is 0 Å². The first-order chi connectivity index (χ1) is 6.07. The summed E-state index contributed by atoms with van der Waals surface area (Å²) >= 11 is 2.14. The standard InChI is InChI=1S/C9H13IN2O/c1-4-6(2)8(13)7-5-11-12(3)9(7)10/h5-6H,4H2,1-3H3. The summed E-state index contributed by atoms with van der Waals surface area (Å²) < 4.78 is 2.64. The van der Waals surface area contributed by atoms with Crippen LogP contribution in [0.15, 0.2) is 6.20 Å². The molecule has 1 atom stereocenters. The fourth-order valence-corrected chi connectivity index (χ4v) is 1.57. The normalized spacial score (nSPS) is 12.9. The summed E-state index contributed by atoms with van der Waals surface area (Å²) in [6.45, 7) is 3.97. The minimum Gasteiger partial charge on any atom is -0.294 e. The van der Waals surface area contributed by atoms with E-state index in [1.165, 1.54) is 0 Å². The lowest BCUT2D eigenvalue weighted by molar-refractivity contribution is 0.0926. The van der Waals surface area contributed by atoms with Crippen molar-refractivity contribution in [2.24, 2.45) is 13.0 Å². The van der Waals surface area contributed by atoms with Gasteiger partial charge < -0.3 is 0 Å². The fraction of sp³-hybridized carbons (Fsp3) is 0.556. The van der Waals surface area contributed by atoms with Crippen LogP contribution in [0, 0.1) is 9.62 Å². The molecule has 0 aliphatic heterocycles. The molecule has 0 amide bonds. The van der Waals surface area contributed by atoms with E-state index in [4.69, 9.17) is 0 Å². The quantitative estimate of drug-likeness (QED) is 0.632. The maximum Gasteiger partial charge on any atom is 0.169 e. The zero-order valence-corrected chi connectivity index (χ0v) is 10.2. The molecule has 0 aromatic carbocycles. The number of rotatable bonds is 3. The van der Waals surface area contributed by atoms with Crippen LogP contribution < -0.4 is 0 Å². The zero-order chi connectivity index (χ0) is 10.0. The maximum absolute atomic E-state index is 11.8. The number of halogens is 1. The Morgan fingerprint density at radius 3 is 2.77 bits per heavy atom. The molecule has 72 valence electrons. The van der Waals surface area contributed by atoms with Gasteiger partial charge in [0.25, 0.3) is 0 Å². The van der Waals surface area contributed by atoms with Gasteiger partial charge in [-0.25, -0.2) is 0 Å². The highest BCUT2D eigenvalue weighted by atomic mass is 127. The Morgan fingerprint density at radius 1 is 1.77 bits per heavy atom. The van der Waals surface area contributed by atoms with Crippen LogP contribution in [0.25, 0.3) is 0 Å². The summed E-state index contributed by atoms with van der Waals surface area (Å²) in [5.41, 5.74) is 0.748. The van der Waals surface area contributed by atoms with Crippen molar-refractivity contribution in [2.75, 3.05) is 0 Å². The second kappa shape index (κ2) is 4.21. The van der Waals surface area contributed by atoms with Crippen LogP contribution in [0.5, 0.6) is 0 Å². The third kappa shape index (κ3) is 2.10. The van der Waals surface area contributed by atoms with Crippen molar-refractivity contribution in [3.63, 3.8) is 0 Å². The summed E-state index contributed by atoms with van der Waals surface area (Å²) in [5.74, 6) is 0.290. The number of Topliss-reactive ketones (excluding diaryl/α,β-unsaturated/α-hetero) is 1. The van der Waals surface area contributed by atoms with E-state index in [9.17, 15) is 4.79 Å². The Morgan fingerprint density at radius 2 is 2.38 bits per heavy atom. The minimum atomic E-state index is 0.0951. The summed E-state index contributed by atoms with van der Waals surface area (Å²) in [6, 6.07) is 0. The SMILES string of the molecule is CCC(C)C(=O)c1cnn(C)c1I. The molecule has 0 bridgehead atoms. The Hall–Kier alpha value is -0.390. The largest absolute Gasteiger partial charge is 0.294 e. The molecule has 1 aromatic rings. The topological polar surface area (TPSA) is 34.9 Å². The van der Waals surface area contributed by atoms with E-state index in [-0.39, 0.29) is 11.7 Å². The molecule has 0 aliphatic carbocycles. The smallest absolute Gasteiger partial charge is 0.169 e. The van der Waals surface area contributed by atoms with Crippen molar-refractivity contribution < 1.29 is 4.79 Å². The number of hydrogen-bond acceptors (Lipinski definition) is 2. The molecule has 0 spiro atoms. The minimum absolute atomic E-state index is 0.0951. The summed E-state index contributed by atoms with van der Waals surface area (Å²) in [4.78, 5) is 11.8. The Bertz CT molecular complexity index is 319. The predicted octanol–water partition coefficient (Wildman–Crippen LogP) is 2.25. The van der Waals surface area contributed by atoms with Crippen molar-refractivity contribution in [2.45, 2.75) is 20.3 Å². The highest BCUT2D eigenvalue weighted by molar-refractivity contribution is 14.1. The van der Waals surface area contributed by atoms with Gasteiger partial charge in [0.05, 0.1) is 11.8 Å². The lowest BCUT2D eigenvalue weighted by Gasteiger charge is -2.05. The molecule has 1 rings (SSSR count). The van der Waals surface area contributed by atoms with Crippen LogP contribution in [-0.2, 0) is 7.05 Å². The molecule has 0 saturated carbocycles. The predicted molar refractivity (Wildman–Crippen MR) is 59.7 cm³/mol. The highest BCUT2D eigenvalue weighted by Gasteiger charge is 2.18. The number of ketones is 1. The molecule has 0 N–H and O–H groups in total. The van der Waals surface area contributed by atoms with E-state index in [2.05, 4.69) is 27.7 Å². The van der Waals surface area contributed by atoms with Gasteiger partial charge in [0, 0.05) is 13.0 Å². The van der Waals surface area contributed by atoms with Crippen LogP contribution in [0.3, 0.4) is 0 Å². The molecule has 1 unspecified atom stereocenters. The van der Waals surface area contributed by atoms with Gasteiger partial charge in [-0.3, -0.25) is 9.48 Å². The van der Waals surface area contributed by atoms with E-state index in [1.807, 2.05) is 20.9 Å². The Labute approximate surface area is 91.7 Å². The number of aryl methyl sites for hydroxylation is 1. The van der Waals surface area contributed by atoms with Gasteiger partial charge in [-0.2, -0.15) is 5.10 Å². The Kier molecular flexibility index (Phi) is 3.47. The van der Waals surface area contributed by atoms with Crippen molar-refractivity contribution in [3.05, 3.63) is 15.5 Å². The average Bonchev–Trinajstić information content (AvgIpc) is 2.45. The van der Waals surface area contributed by atoms with E-state index < -0.39 is 0 Å². The number of nitrogens with zero attached hydrogens (tertiary/aromatic N) is 2. The van der Waals surface area contributed by atoms with E-state index in [1.54, 1.807) is 10.9 Å². The van der Waals surface area contributed by atoms with E-state index >= 15 is 0 Å². The molecule has 0 fully saturated rings. The number of hydrogen-bond donors (Lipinski definition) is 0. The average molecular weight is 292 g/mol. The summed E-state index contributed by atoms with van der Waals surface area (Å²) in [7, 11) is 1.84. The monoisotopic (exact) mass is 292 g/mol. The lowest BCUT2D eigenvalue weighted by atomic mass is 10.00. The van der Waals surface area contributed by atoms with Crippen LogP contribution >= 0.6 is 22.6 Å². The Balaban J connectivity index is 2.95. The molecule has 0 saturated heterocycles. The van der Waals surface area contributed by atoms with Crippen molar-refractivity contribution in [3.8, 4) is 0 Å². The first-order valence-corrected chi connectivity index (χ1v) is 5.37. The lowest BCUT2D eigenvalue weighted by Crippen LogP contribution is -2.11. The fourth-order valence-electron chi connectivity index (χ4n) is 1.04. The second-order valence-corrected chi connectivity index (χ2v) is 4.17. The van der Waals surface area contributed by atoms with Crippen LogP contribution in [0.1, 0.15) is 30.6 Å². The first-order valence-electron chi connectivity index (χ1n) is 4.29. The van der Waals surface area contributed by atoms with Gasteiger partial charge in [0.1, 0.15) is 3.70 Å². The van der Waals surface area contributed by atoms with Gasteiger partial charge in [0.15, 0.2) is 5.78 Å². The molecular formula is C9H13IN2O. The van der Waals surface area contributed by atoms with Gasteiger partial charge in [-0.15, -0.1) is 0 Å². The van der Waals surface area contributed by atoms with Gasteiger partial charge >= 0.3 is 0 Å². The molecule has 13 heavy (non-hydrogen) atoms. The summed E-state index contributed by atoms with van der Waals surface area (Å²) in [5, 5.41) is 4.04. The first kappa shape index (κ1) is 10.7. The van der Waals surface area contributed by atoms with E-state index in [0.717, 1.165) is 15.7 Å². The van der Waals surface area contributed by atoms with Gasteiger partial charge in [-0.1, -0.05) is 13.8 Å². The van der Waals surface area contributed by atoms with Gasteiger partial charge in [-0.05, 0) is 29.0 Å². The molecule has 0 radical (unpaired) electrons. The number of aromatic nitrogens is 2. The number of carbonyl (C=O) groups is 1. The zero-order valence-electron chi connectivity index (χ0n) is 8.04. The highest BCUT2D eigenvalue weighted by Crippen LogP contribution is 2.16. The second-order valence-electron chi connectivity index (χ2n) is 3.15. The maximum atomic E-state index is 11.8. The van der Waals surface area contributed by atoms with Crippen LogP contribution in [0.4, 0.5) is 0 Å². The third-order valence-electron chi connectivity index (χ3n) is 2.19. The number of carbonyl (C=O) groups excluding carboxylic acids is 1. The van der Waals surface area contributed by atoms with E-state index in [0.29, 0.717) is 0 Å².